The van der Waals surface area contributed by atoms with Gasteiger partial charge in [0, 0.05) is 31.5 Å². The van der Waals surface area contributed by atoms with E-state index in [-0.39, 0.29) is 0 Å². The summed E-state index contributed by atoms with van der Waals surface area (Å²) < 4.78 is 0. The molecule has 2 rings (SSSR count). The maximum absolute atomic E-state index is 4.55. The molecule has 1 saturated carbocycles. The second-order valence-corrected chi connectivity index (χ2v) is 5.40. The number of nitrogens with zero attached hydrogens (tertiary/aromatic N) is 3. The molecule has 100 valence electrons. The van der Waals surface area contributed by atoms with Crippen LogP contribution >= 0.6 is 0 Å². The maximum Gasteiger partial charge on any atom is 0.225 e. The third-order valence-corrected chi connectivity index (χ3v) is 3.42. The quantitative estimate of drug-likeness (QED) is 0.780. The fourth-order valence-electron chi connectivity index (χ4n) is 2.14. The Bertz CT molecular complexity index is 387. The molecule has 0 unspecified atom stereocenters. The van der Waals surface area contributed by atoms with Crippen LogP contribution in [0.15, 0.2) is 0 Å². The summed E-state index contributed by atoms with van der Waals surface area (Å²) in [6.07, 6.45) is 4.96. The monoisotopic (exact) mass is 248 g/mol. The molecule has 1 aliphatic rings. The molecule has 0 amide bonds. The van der Waals surface area contributed by atoms with Crippen LogP contribution in [-0.2, 0) is 6.42 Å². The number of rotatable bonds is 6. The Morgan fingerprint density at radius 2 is 1.78 bits per heavy atom. The highest BCUT2D eigenvalue weighted by Gasteiger charge is 2.19. The largest absolute Gasteiger partial charge is 0.347 e. The Balaban J connectivity index is 1.93. The SMILES string of the molecule is Cc1nc(N(C)C)nc(C)c1CCCNC1CC1. The molecular formula is C14H24N4. The molecule has 4 nitrogen and oxygen atoms in total. The summed E-state index contributed by atoms with van der Waals surface area (Å²) >= 11 is 0. The standard InChI is InChI=1S/C14H24N4/c1-10-13(6-5-9-15-12-7-8-12)11(2)17-14(16-10)18(3)4/h12,15H,5-9H2,1-4H3. The maximum atomic E-state index is 4.55. The van der Waals surface area contributed by atoms with Crippen LogP contribution in [0.25, 0.3) is 0 Å². The van der Waals surface area contributed by atoms with Gasteiger partial charge in [-0.15, -0.1) is 0 Å². The van der Waals surface area contributed by atoms with E-state index in [9.17, 15) is 0 Å². The van der Waals surface area contributed by atoms with Crippen molar-refractivity contribution in [1.29, 1.82) is 0 Å². The lowest BCUT2D eigenvalue weighted by atomic mass is 10.1. The van der Waals surface area contributed by atoms with Gasteiger partial charge in [-0.25, -0.2) is 9.97 Å². The van der Waals surface area contributed by atoms with Crippen molar-refractivity contribution in [2.45, 2.75) is 45.6 Å². The first-order valence-electron chi connectivity index (χ1n) is 6.82. The van der Waals surface area contributed by atoms with Gasteiger partial charge in [-0.2, -0.15) is 0 Å². The lowest BCUT2D eigenvalue weighted by molar-refractivity contribution is 0.641. The normalized spacial score (nSPS) is 14.9. The highest BCUT2D eigenvalue weighted by atomic mass is 15.2. The molecule has 0 bridgehead atoms. The lowest BCUT2D eigenvalue weighted by Crippen LogP contribution is -2.19. The van der Waals surface area contributed by atoms with E-state index in [1.165, 1.54) is 24.8 Å². The fraction of sp³-hybridized carbons (Fsp3) is 0.714. The third-order valence-electron chi connectivity index (χ3n) is 3.42. The van der Waals surface area contributed by atoms with Gasteiger partial charge in [-0.1, -0.05) is 0 Å². The van der Waals surface area contributed by atoms with Crippen LogP contribution in [0.1, 0.15) is 36.2 Å². The predicted molar refractivity (Wildman–Crippen MR) is 75.2 cm³/mol. The molecule has 0 radical (unpaired) electrons. The molecular weight excluding hydrogens is 224 g/mol. The minimum absolute atomic E-state index is 0.805. The Morgan fingerprint density at radius 3 is 2.28 bits per heavy atom. The van der Waals surface area contributed by atoms with Gasteiger partial charge in [0.2, 0.25) is 5.95 Å². The molecule has 4 heteroatoms. The molecule has 0 spiro atoms. The molecule has 0 saturated heterocycles. The lowest BCUT2D eigenvalue weighted by Gasteiger charge is -2.15. The molecule has 0 aromatic carbocycles. The van der Waals surface area contributed by atoms with Crippen molar-refractivity contribution >= 4 is 5.95 Å². The smallest absolute Gasteiger partial charge is 0.225 e. The van der Waals surface area contributed by atoms with E-state index in [0.29, 0.717) is 0 Å². The van der Waals surface area contributed by atoms with Crippen LogP contribution in [-0.4, -0.2) is 36.6 Å². The van der Waals surface area contributed by atoms with Crippen LogP contribution in [0.3, 0.4) is 0 Å². The van der Waals surface area contributed by atoms with Crippen LogP contribution in [0.2, 0.25) is 0 Å². The predicted octanol–water partition coefficient (Wildman–Crippen LogP) is 1.84. The van der Waals surface area contributed by atoms with E-state index in [4.69, 9.17) is 0 Å². The Hall–Kier alpha value is -1.16. The zero-order chi connectivity index (χ0) is 13.1. The average molecular weight is 248 g/mol. The molecule has 1 aromatic heterocycles. The van der Waals surface area contributed by atoms with Crippen LogP contribution in [0, 0.1) is 13.8 Å². The number of aryl methyl sites for hydroxylation is 2. The summed E-state index contributed by atoms with van der Waals surface area (Å²) in [4.78, 5) is 11.1. The van der Waals surface area contributed by atoms with Crippen molar-refractivity contribution in [2.75, 3.05) is 25.5 Å². The molecule has 1 fully saturated rings. The topological polar surface area (TPSA) is 41.1 Å². The first-order valence-corrected chi connectivity index (χ1v) is 6.82. The summed E-state index contributed by atoms with van der Waals surface area (Å²) in [5, 5.41) is 3.55. The molecule has 1 aromatic rings. The molecule has 0 atom stereocenters. The van der Waals surface area contributed by atoms with Gasteiger partial charge in [0.1, 0.15) is 0 Å². The number of nitrogens with one attached hydrogen (secondary N) is 1. The molecule has 1 heterocycles. The van der Waals surface area contributed by atoms with E-state index in [2.05, 4.69) is 29.1 Å². The first kappa shape index (κ1) is 13.3. The summed E-state index contributed by atoms with van der Waals surface area (Å²) in [6.45, 7) is 5.29. The van der Waals surface area contributed by atoms with Gasteiger partial charge in [0.05, 0.1) is 0 Å². The van der Waals surface area contributed by atoms with Crippen LogP contribution < -0.4 is 10.2 Å². The minimum atomic E-state index is 0.805. The number of hydrogen-bond donors (Lipinski definition) is 1. The summed E-state index contributed by atoms with van der Waals surface area (Å²) in [5.74, 6) is 0.810. The van der Waals surface area contributed by atoms with E-state index in [1.807, 2.05) is 19.0 Å². The highest BCUT2D eigenvalue weighted by molar-refractivity contribution is 5.35. The van der Waals surface area contributed by atoms with Gasteiger partial charge in [0.15, 0.2) is 0 Å². The van der Waals surface area contributed by atoms with Crippen LogP contribution in [0.5, 0.6) is 0 Å². The Kier molecular flexibility index (Phi) is 4.17. The van der Waals surface area contributed by atoms with Crippen molar-refractivity contribution in [3.05, 3.63) is 17.0 Å². The van der Waals surface area contributed by atoms with Gasteiger partial charge >= 0.3 is 0 Å². The van der Waals surface area contributed by atoms with Gasteiger partial charge in [0.25, 0.3) is 0 Å². The summed E-state index contributed by atoms with van der Waals surface area (Å²) in [6, 6.07) is 0.805. The van der Waals surface area contributed by atoms with E-state index >= 15 is 0 Å². The number of aromatic nitrogens is 2. The zero-order valence-electron chi connectivity index (χ0n) is 12.0. The second-order valence-electron chi connectivity index (χ2n) is 5.40. The summed E-state index contributed by atoms with van der Waals surface area (Å²) in [5.41, 5.74) is 3.56. The van der Waals surface area contributed by atoms with Gasteiger partial charge in [-0.3, -0.25) is 0 Å². The molecule has 1 aliphatic carbocycles. The Morgan fingerprint density at radius 1 is 1.17 bits per heavy atom. The van der Waals surface area contributed by atoms with Gasteiger partial charge in [-0.05, 0) is 51.6 Å². The van der Waals surface area contributed by atoms with E-state index < -0.39 is 0 Å². The van der Waals surface area contributed by atoms with E-state index in [1.54, 1.807) is 0 Å². The number of hydrogen-bond acceptors (Lipinski definition) is 4. The molecule has 0 aliphatic heterocycles. The fourth-order valence-corrected chi connectivity index (χ4v) is 2.14. The Labute approximate surface area is 110 Å². The van der Waals surface area contributed by atoms with Gasteiger partial charge < -0.3 is 10.2 Å². The van der Waals surface area contributed by atoms with Crippen LogP contribution in [0.4, 0.5) is 5.95 Å². The van der Waals surface area contributed by atoms with Crippen molar-refractivity contribution in [2.24, 2.45) is 0 Å². The highest BCUT2D eigenvalue weighted by Crippen LogP contribution is 2.19. The molecule has 18 heavy (non-hydrogen) atoms. The molecule has 1 N–H and O–H groups in total. The van der Waals surface area contributed by atoms with Crippen molar-refractivity contribution < 1.29 is 0 Å². The third kappa shape index (κ3) is 3.42. The zero-order valence-corrected chi connectivity index (χ0v) is 12.0. The average Bonchev–Trinajstić information content (AvgIpc) is 3.10. The van der Waals surface area contributed by atoms with Crippen molar-refractivity contribution in [1.82, 2.24) is 15.3 Å². The van der Waals surface area contributed by atoms with Crippen molar-refractivity contribution in [3.8, 4) is 0 Å². The van der Waals surface area contributed by atoms with Crippen molar-refractivity contribution in [3.63, 3.8) is 0 Å². The minimum Gasteiger partial charge on any atom is -0.347 e. The summed E-state index contributed by atoms with van der Waals surface area (Å²) in [7, 11) is 3.96. The first-order chi connectivity index (χ1) is 8.58. The van der Waals surface area contributed by atoms with E-state index in [0.717, 1.165) is 36.3 Å². The number of anilines is 1. The second kappa shape index (κ2) is 5.65.